The maximum Gasteiger partial charge on any atom is 0.269 e. The number of H-pyrrole nitrogens is 1. The van der Waals surface area contributed by atoms with Crippen LogP contribution in [0.3, 0.4) is 0 Å². The number of benzene rings is 2. The van der Waals surface area contributed by atoms with E-state index < -0.39 is 0 Å². The highest BCUT2D eigenvalue weighted by Crippen LogP contribution is 2.23. The first-order valence-electron chi connectivity index (χ1n) is 8.28. The number of amides is 1. The number of nitrogens with one attached hydrogen (secondary N) is 2. The number of aromatic nitrogens is 4. The van der Waals surface area contributed by atoms with Gasteiger partial charge in [0.05, 0.1) is 11.4 Å². The third-order valence-electron chi connectivity index (χ3n) is 4.04. The van der Waals surface area contributed by atoms with Crippen molar-refractivity contribution in [3.05, 3.63) is 90.4 Å². The third-order valence-corrected chi connectivity index (χ3v) is 4.04. The molecular formula is C20H17N5O. The normalized spacial score (nSPS) is 10.6. The zero-order chi connectivity index (χ0) is 17.8. The molecule has 2 heterocycles. The fourth-order valence-electron chi connectivity index (χ4n) is 2.74. The fourth-order valence-corrected chi connectivity index (χ4v) is 2.74. The molecule has 0 saturated heterocycles. The SMILES string of the molecule is O=C(NCc1cn(-c2ccccc2)nc1-c1ccccc1)c1ccn[nH]1. The van der Waals surface area contributed by atoms with Gasteiger partial charge in [-0.25, -0.2) is 4.68 Å². The van der Waals surface area contributed by atoms with E-state index in [1.54, 1.807) is 12.3 Å². The summed E-state index contributed by atoms with van der Waals surface area (Å²) in [5.41, 5.74) is 4.19. The number of rotatable bonds is 5. The minimum atomic E-state index is -0.200. The Bertz CT molecular complexity index is 991. The van der Waals surface area contributed by atoms with E-state index in [4.69, 9.17) is 5.10 Å². The Labute approximate surface area is 150 Å². The number of para-hydroxylation sites is 1. The number of carbonyl (C=O) groups excluding carboxylic acids is 1. The van der Waals surface area contributed by atoms with E-state index in [0.29, 0.717) is 12.2 Å². The second kappa shape index (κ2) is 7.06. The van der Waals surface area contributed by atoms with Crippen LogP contribution in [0.15, 0.2) is 79.1 Å². The van der Waals surface area contributed by atoms with Crippen molar-refractivity contribution < 1.29 is 4.79 Å². The van der Waals surface area contributed by atoms with Crippen molar-refractivity contribution in [1.82, 2.24) is 25.3 Å². The van der Waals surface area contributed by atoms with Gasteiger partial charge in [-0.15, -0.1) is 0 Å². The molecule has 26 heavy (non-hydrogen) atoms. The molecular weight excluding hydrogens is 326 g/mol. The molecule has 0 fully saturated rings. The lowest BCUT2D eigenvalue weighted by Crippen LogP contribution is -2.23. The maximum atomic E-state index is 12.2. The molecule has 128 valence electrons. The molecule has 4 rings (SSSR count). The molecule has 0 bridgehead atoms. The van der Waals surface area contributed by atoms with Crippen LogP contribution in [0.1, 0.15) is 16.1 Å². The van der Waals surface area contributed by atoms with Crippen molar-refractivity contribution in [2.45, 2.75) is 6.54 Å². The molecule has 6 nitrogen and oxygen atoms in total. The van der Waals surface area contributed by atoms with E-state index in [0.717, 1.165) is 22.5 Å². The second-order valence-electron chi connectivity index (χ2n) is 5.80. The molecule has 0 aliphatic carbocycles. The van der Waals surface area contributed by atoms with E-state index >= 15 is 0 Å². The molecule has 0 aliphatic heterocycles. The summed E-state index contributed by atoms with van der Waals surface area (Å²) in [7, 11) is 0. The predicted octanol–water partition coefficient (Wildman–Crippen LogP) is 3.19. The van der Waals surface area contributed by atoms with Gasteiger partial charge in [0.25, 0.3) is 5.91 Å². The van der Waals surface area contributed by atoms with Gasteiger partial charge in [0.1, 0.15) is 5.69 Å². The van der Waals surface area contributed by atoms with Gasteiger partial charge in [0, 0.05) is 30.1 Å². The van der Waals surface area contributed by atoms with Gasteiger partial charge in [-0.1, -0.05) is 48.5 Å². The number of nitrogens with zero attached hydrogens (tertiary/aromatic N) is 3. The average molecular weight is 343 g/mol. The van der Waals surface area contributed by atoms with Crippen molar-refractivity contribution >= 4 is 5.91 Å². The highest BCUT2D eigenvalue weighted by atomic mass is 16.1. The van der Waals surface area contributed by atoms with Gasteiger partial charge in [0.2, 0.25) is 0 Å². The van der Waals surface area contributed by atoms with Crippen LogP contribution in [0.4, 0.5) is 0 Å². The van der Waals surface area contributed by atoms with E-state index in [-0.39, 0.29) is 5.91 Å². The Balaban J connectivity index is 1.65. The molecule has 2 aromatic carbocycles. The first-order chi connectivity index (χ1) is 12.8. The van der Waals surface area contributed by atoms with Crippen molar-refractivity contribution in [2.75, 3.05) is 0 Å². The summed E-state index contributed by atoms with van der Waals surface area (Å²) in [4.78, 5) is 12.2. The standard InChI is InChI=1S/C20H17N5O/c26-20(18-11-12-22-23-18)21-13-16-14-25(17-9-5-2-6-10-17)24-19(16)15-7-3-1-4-8-15/h1-12,14H,13H2,(H,21,26)(H,22,23). The smallest absolute Gasteiger partial charge is 0.269 e. The lowest BCUT2D eigenvalue weighted by Gasteiger charge is -2.04. The maximum absolute atomic E-state index is 12.2. The molecule has 0 atom stereocenters. The molecule has 1 amide bonds. The Kier molecular flexibility index (Phi) is 4.30. The lowest BCUT2D eigenvalue weighted by atomic mass is 10.1. The number of hydrogen-bond acceptors (Lipinski definition) is 3. The van der Waals surface area contributed by atoms with Crippen LogP contribution in [0.5, 0.6) is 0 Å². The van der Waals surface area contributed by atoms with E-state index in [1.165, 1.54) is 0 Å². The summed E-state index contributed by atoms with van der Waals surface area (Å²) in [6.07, 6.45) is 3.50. The van der Waals surface area contributed by atoms with Crippen LogP contribution >= 0.6 is 0 Å². The van der Waals surface area contributed by atoms with Crippen molar-refractivity contribution in [2.24, 2.45) is 0 Å². The topological polar surface area (TPSA) is 75.6 Å². The quantitative estimate of drug-likeness (QED) is 0.584. The summed E-state index contributed by atoms with van der Waals surface area (Å²) in [6, 6.07) is 21.5. The summed E-state index contributed by atoms with van der Waals surface area (Å²) in [5, 5.41) is 14.1. The number of carbonyl (C=O) groups is 1. The fraction of sp³-hybridized carbons (Fsp3) is 0.0500. The molecule has 2 aromatic heterocycles. The Hall–Kier alpha value is -3.67. The van der Waals surface area contributed by atoms with Gasteiger partial charge in [0.15, 0.2) is 0 Å². The van der Waals surface area contributed by atoms with Gasteiger partial charge in [-0.2, -0.15) is 10.2 Å². The van der Waals surface area contributed by atoms with E-state index in [2.05, 4.69) is 15.5 Å². The highest BCUT2D eigenvalue weighted by Gasteiger charge is 2.14. The number of hydrogen-bond donors (Lipinski definition) is 2. The predicted molar refractivity (Wildman–Crippen MR) is 98.8 cm³/mol. The lowest BCUT2D eigenvalue weighted by molar-refractivity contribution is 0.0946. The first-order valence-corrected chi connectivity index (χ1v) is 8.28. The van der Waals surface area contributed by atoms with E-state index in [9.17, 15) is 4.79 Å². The second-order valence-corrected chi connectivity index (χ2v) is 5.80. The minimum absolute atomic E-state index is 0.200. The van der Waals surface area contributed by atoms with Crippen LogP contribution in [0.2, 0.25) is 0 Å². The summed E-state index contributed by atoms with van der Waals surface area (Å²) in [6.45, 7) is 0.370. The average Bonchev–Trinajstić information content (AvgIpc) is 3.38. The van der Waals surface area contributed by atoms with Gasteiger partial charge >= 0.3 is 0 Å². The molecule has 6 heteroatoms. The molecule has 0 saturated carbocycles. The Morgan fingerprint density at radius 1 is 1.00 bits per heavy atom. The molecule has 4 aromatic rings. The van der Waals surface area contributed by atoms with Crippen LogP contribution in [-0.4, -0.2) is 25.9 Å². The van der Waals surface area contributed by atoms with Crippen molar-refractivity contribution in [1.29, 1.82) is 0 Å². The first kappa shape index (κ1) is 15.8. The zero-order valence-electron chi connectivity index (χ0n) is 14.0. The van der Waals surface area contributed by atoms with E-state index in [1.807, 2.05) is 71.5 Å². The number of aromatic amines is 1. The monoisotopic (exact) mass is 343 g/mol. The summed E-state index contributed by atoms with van der Waals surface area (Å²) >= 11 is 0. The van der Waals surface area contributed by atoms with Crippen LogP contribution in [-0.2, 0) is 6.54 Å². The highest BCUT2D eigenvalue weighted by molar-refractivity contribution is 5.92. The van der Waals surface area contributed by atoms with Crippen LogP contribution in [0.25, 0.3) is 16.9 Å². The molecule has 0 radical (unpaired) electrons. The van der Waals surface area contributed by atoms with Gasteiger partial charge < -0.3 is 5.32 Å². The van der Waals surface area contributed by atoms with Gasteiger partial charge in [-0.3, -0.25) is 9.89 Å². The Morgan fingerprint density at radius 3 is 2.42 bits per heavy atom. The van der Waals surface area contributed by atoms with Gasteiger partial charge in [-0.05, 0) is 18.2 Å². The molecule has 2 N–H and O–H groups in total. The summed E-state index contributed by atoms with van der Waals surface area (Å²) < 4.78 is 1.83. The van der Waals surface area contributed by atoms with Crippen molar-refractivity contribution in [3.8, 4) is 16.9 Å². The molecule has 0 unspecified atom stereocenters. The van der Waals surface area contributed by atoms with Crippen molar-refractivity contribution in [3.63, 3.8) is 0 Å². The molecule has 0 aliphatic rings. The summed E-state index contributed by atoms with van der Waals surface area (Å²) in [5.74, 6) is -0.200. The van der Waals surface area contributed by atoms with Crippen LogP contribution < -0.4 is 5.32 Å². The third kappa shape index (κ3) is 3.25. The zero-order valence-corrected chi connectivity index (χ0v) is 14.0. The largest absolute Gasteiger partial charge is 0.347 e. The molecule has 0 spiro atoms. The van der Waals surface area contributed by atoms with Crippen LogP contribution in [0, 0.1) is 0 Å². The Morgan fingerprint density at radius 2 is 1.73 bits per heavy atom. The minimum Gasteiger partial charge on any atom is -0.347 e.